The van der Waals surface area contributed by atoms with E-state index < -0.39 is 0 Å². The van der Waals surface area contributed by atoms with E-state index in [2.05, 4.69) is 13.8 Å². The molecule has 0 fully saturated rings. The molecule has 0 aromatic carbocycles. The van der Waals surface area contributed by atoms with Crippen molar-refractivity contribution in [2.45, 2.75) is 19.8 Å². The first-order chi connectivity index (χ1) is 2.91. The van der Waals surface area contributed by atoms with Crippen LogP contribution in [0.25, 0.3) is 5.73 Å². The van der Waals surface area contributed by atoms with Crippen LogP contribution in [0.5, 0.6) is 0 Å². The molecule has 0 saturated heterocycles. The second-order valence-corrected chi connectivity index (χ2v) is 0.854. The minimum atomic E-state index is 0. The van der Waals surface area contributed by atoms with E-state index >= 15 is 0 Å². The average Bonchev–Trinajstić information content (AvgIpc) is 1.72. The van der Waals surface area contributed by atoms with Gasteiger partial charge in [0.05, 0.1) is 0 Å². The average molecular weight is 176 g/mol. The molecule has 0 atom stereocenters. The van der Waals surface area contributed by atoms with Gasteiger partial charge >= 0.3 is 0 Å². The Kier molecular flexibility index (Phi) is 62.0. The third-order valence-corrected chi connectivity index (χ3v) is 0.354. The molecule has 0 aromatic heterocycles. The first-order valence-electron chi connectivity index (χ1n) is 2.21. The molecule has 0 bridgehead atoms. The summed E-state index contributed by atoms with van der Waals surface area (Å²) in [6, 6.07) is 0. The first kappa shape index (κ1) is 15.7. The fourth-order valence-electron chi connectivity index (χ4n) is 0. The molecule has 0 aromatic rings. The Balaban J connectivity index is -0.0000000480. The molecule has 0 heterocycles. The molecule has 2 heteroatoms. The van der Waals surface area contributed by atoms with Crippen molar-refractivity contribution in [1.82, 2.24) is 0 Å². The zero-order valence-corrected chi connectivity index (χ0v) is 8.04. The molecule has 0 aliphatic rings. The van der Waals surface area contributed by atoms with Crippen LogP contribution in [0.2, 0.25) is 0 Å². The van der Waals surface area contributed by atoms with Crippen LogP contribution in [0.1, 0.15) is 19.8 Å². The van der Waals surface area contributed by atoms with Gasteiger partial charge in [0.15, 0.2) is 0 Å². The molecule has 1 nitrogen and oxygen atoms in total. The molecule has 43 valence electrons. The SMILES string of the molecule is C[NH-].[CH2-]CCC.[Y]. The second kappa shape index (κ2) is 27.7. The van der Waals surface area contributed by atoms with Gasteiger partial charge in [0.2, 0.25) is 0 Å². The molecule has 0 unspecified atom stereocenters. The summed E-state index contributed by atoms with van der Waals surface area (Å²) in [6.45, 7) is 5.72. The molecular weight excluding hydrogens is 163 g/mol. The van der Waals surface area contributed by atoms with Gasteiger partial charge in [-0.1, -0.05) is 13.3 Å². The molecule has 0 rings (SSSR count). The molecule has 0 spiro atoms. The molecule has 0 saturated carbocycles. The van der Waals surface area contributed by atoms with Crippen LogP contribution in [0.3, 0.4) is 0 Å². The minimum absolute atomic E-state index is 0. The van der Waals surface area contributed by atoms with Gasteiger partial charge < -0.3 is 12.7 Å². The Morgan fingerprint density at radius 2 is 1.57 bits per heavy atom. The maximum Gasteiger partial charge on any atom is 0 e. The summed E-state index contributed by atoms with van der Waals surface area (Å²) >= 11 is 0. The normalized spacial score (nSPS) is 5.14. The van der Waals surface area contributed by atoms with Gasteiger partial charge in [0.25, 0.3) is 0 Å². The summed E-state index contributed by atoms with van der Waals surface area (Å²) in [6.07, 6.45) is 2.28. The van der Waals surface area contributed by atoms with E-state index in [0.29, 0.717) is 0 Å². The van der Waals surface area contributed by atoms with Gasteiger partial charge in [-0.05, 0) is 0 Å². The van der Waals surface area contributed by atoms with Crippen LogP contribution in [0.4, 0.5) is 0 Å². The molecule has 1 N–H and O–H groups in total. The van der Waals surface area contributed by atoms with Crippen LogP contribution in [0, 0.1) is 6.92 Å². The van der Waals surface area contributed by atoms with Crippen LogP contribution in [-0.4, -0.2) is 7.05 Å². The fraction of sp³-hybridized carbons (Fsp3) is 0.800. The van der Waals surface area contributed by atoms with Crippen molar-refractivity contribution in [2.24, 2.45) is 0 Å². The van der Waals surface area contributed by atoms with E-state index in [1.165, 1.54) is 13.5 Å². The Bertz CT molecular complexity index is 10.0. The number of nitrogens with one attached hydrogen (secondary N) is 1. The summed E-state index contributed by atoms with van der Waals surface area (Å²) in [5.74, 6) is 0. The van der Waals surface area contributed by atoms with Crippen LogP contribution >= 0.6 is 0 Å². The molecule has 0 aliphatic carbocycles. The van der Waals surface area contributed by atoms with Gasteiger partial charge in [-0.3, -0.25) is 0 Å². The minimum Gasteiger partial charge on any atom is -0.680 e. The molecule has 1 radical (unpaired) electrons. The largest absolute Gasteiger partial charge is 0.680 e. The van der Waals surface area contributed by atoms with Crippen molar-refractivity contribution < 1.29 is 32.7 Å². The standard InChI is InChI=1S/C4H9.CH4N.Y/c1-3-4-2;1-2;/h1,3-4H2,2H3;2H,1H3;/q2*-1;. The van der Waals surface area contributed by atoms with Crippen LogP contribution in [0.15, 0.2) is 0 Å². The first-order valence-corrected chi connectivity index (χ1v) is 2.21. The van der Waals surface area contributed by atoms with Crippen molar-refractivity contribution in [3.63, 3.8) is 0 Å². The summed E-state index contributed by atoms with van der Waals surface area (Å²) in [5, 5.41) is 0. The van der Waals surface area contributed by atoms with Gasteiger partial charge in [0, 0.05) is 32.7 Å². The predicted molar refractivity (Wildman–Crippen MR) is 30.5 cm³/mol. The topological polar surface area (TPSA) is 23.8 Å². The summed E-state index contributed by atoms with van der Waals surface area (Å²) in [4.78, 5) is 0. The van der Waals surface area contributed by atoms with E-state index in [1.807, 2.05) is 0 Å². The van der Waals surface area contributed by atoms with Crippen molar-refractivity contribution in [2.75, 3.05) is 7.05 Å². The summed E-state index contributed by atoms with van der Waals surface area (Å²) in [7, 11) is 1.25. The van der Waals surface area contributed by atoms with E-state index in [-0.39, 0.29) is 32.7 Å². The van der Waals surface area contributed by atoms with Gasteiger partial charge in [-0.2, -0.15) is 13.5 Å². The number of hydrogen-bond acceptors (Lipinski definition) is 0. The van der Waals surface area contributed by atoms with Crippen LogP contribution < -0.4 is 0 Å². The number of rotatable bonds is 1. The van der Waals surface area contributed by atoms with Crippen LogP contribution in [-0.2, 0) is 32.7 Å². The number of hydrogen-bond donors (Lipinski definition) is 0. The van der Waals surface area contributed by atoms with Crippen molar-refractivity contribution in [3.8, 4) is 0 Å². The van der Waals surface area contributed by atoms with Crippen molar-refractivity contribution in [1.29, 1.82) is 0 Å². The van der Waals surface area contributed by atoms with Crippen molar-refractivity contribution >= 4 is 0 Å². The smallest absolute Gasteiger partial charge is 0 e. The van der Waals surface area contributed by atoms with E-state index in [1.54, 1.807) is 0 Å². The molecule has 0 amide bonds. The predicted octanol–water partition coefficient (Wildman–Crippen LogP) is 2.29. The maximum absolute atomic E-state index is 5.75. The Labute approximate surface area is 71.9 Å². The molecule has 7 heavy (non-hydrogen) atoms. The second-order valence-electron chi connectivity index (χ2n) is 0.854. The summed E-state index contributed by atoms with van der Waals surface area (Å²) in [5.41, 5.74) is 5.75. The Hall–Kier alpha value is 1.06. The van der Waals surface area contributed by atoms with Crippen molar-refractivity contribution in [3.05, 3.63) is 12.7 Å². The fourth-order valence-corrected chi connectivity index (χ4v) is 0. The van der Waals surface area contributed by atoms with Gasteiger partial charge in [-0.15, -0.1) is 0 Å². The van der Waals surface area contributed by atoms with E-state index in [0.717, 1.165) is 6.42 Å². The summed E-state index contributed by atoms with van der Waals surface area (Å²) < 4.78 is 0. The zero-order chi connectivity index (χ0) is 5.41. The Morgan fingerprint density at radius 3 is 1.57 bits per heavy atom. The Morgan fingerprint density at radius 1 is 1.43 bits per heavy atom. The zero-order valence-electron chi connectivity index (χ0n) is 5.20. The van der Waals surface area contributed by atoms with E-state index in [9.17, 15) is 0 Å². The van der Waals surface area contributed by atoms with E-state index in [4.69, 9.17) is 5.73 Å². The quantitative estimate of drug-likeness (QED) is 0.547. The monoisotopic (exact) mass is 176 g/mol. The van der Waals surface area contributed by atoms with Gasteiger partial charge in [0.1, 0.15) is 0 Å². The van der Waals surface area contributed by atoms with Gasteiger partial charge in [-0.25, -0.2) is 0 Å². The third kappa shape index (κ3) is 42.5. The molecule has 0 aliphatic heterocycles. The number of unbranched alkanes of at least 4 members (excludes halogenated alkanes) is 1. The molecular formula is C5H13NY-2. The third-order valence-electron chi connectivity index (χ3n) is 0.354. The maximum atomic E-state index is 5.75.